The van der Waals surface area contributed by atoms with Crippen molar-refractivity contribution in [2.45, 2.75) is 137 Å². The summed E-state index contributed by atoms with van der Waals surface area (Å²) in [6.45, 7) is 32.4. The Kier molecular flexibility index (Phi) is 10.1. The molecule has 72 heavy (non-hydrogen) atoms. The Balaban J connectivity index is 1.25. The highest BCUT2D eigenvalue weighted by Gasteiger charge is 2.51. The molecule has 7 aromatic carbocycles. The molecule has 3 aliphatic rings. The molecule has 12 rings (SSSR count). The molecule has 9 aromatic rings. The zero-order chi connectivity index (χ0) is 50.6. The van der Waals surface area contributed by atoms with Crippen LogP contribution >= 0.6 is 0 Å². The third-order valence-electron chi connectivity index (χ3n) is 16.6. The van der Waals surface area contributed by atoms with Crippen molar-refractivity contribution in [3.8, 4) is 22.3 Å². The second-order valence-electron chi connectivity index (χ2n) is 25.8. The largest absolute Gasteiger partial charge is 0.468 e. The van der Waals surface area contributed by atoms with Crippen molar-refractivity contribution in [1.82, 2.24) is 0 Å². The molecule has 0 spiro atoms. The van der Waals surface area contributed by atoms with E-state index < -0.39 is 0 Å². The van der Waals surface area contributed by atoms with Gasteiger partial charge >= 0.3 is 6.71 Å². The first-order valence-corrected chi connectivity index (χ1v) is 26.3. The summed E-state index contributed by atoms with van der Waals surface area (Å²) >= 11 is 0. The van der Waals surface area contributed by atoms with Gasteiger partial charge in [-0.1, -0.05) is 169 Å². The Bertz CT molecular complexity index is 3660. The molecule has 0 atom stereocenters. The van der Waals surface area contributed by atoms with Crippen LogP contribution in [-0.4, -0.2) is 6.71 Å². The predicted octanol–water partition coefficient (Wildman–Crippen LogP) is 17.1. The summed E-state index contributed by atoms with van der Waals surface area (Å²) in [7, 11) is 0. The van der Waals surface area contributed by atoms with Crippen molar-refractivity contribution in [2.24, 2.45) is 0 Å². The highest BCUT2D eigenvalue weighted by molar-refractivity contribution is 6.99. The second-order valence-corrected chi connectivity index (χ2v) is 25.8. The molecule has 0 fully saturated rings. The Labute approximate surface area is 428 Å². The van der Waals surface area contributed by atoms with Gasteiger partial charge in [0.2, 0.25) is 0 Å². The van der Waals surface area contributed by atoms with E-state index >= 15 is 0 Å². The Morgan fingerprint density at radius 3 is 1.33 bits per heavy atom. The number of nitrogens with zero attached hydrogens (tertiary/aromatic N) is 2. The highest BCUT2D eigenvalue weighted by atomic mass is 16.3. The normalized spacial score (nSPS) is 15.9. The second kappa shape index (κ2) is 15.6. The van der Waals surface area contributed by atoms with Gasteiger partial charge in [-0.3, -0.25) is 0 Å². The molecule has 0 saturated carbocycles. The van der Waals surface area contributed by atoms with Crippen LogP contribution in [0.3, 0.4) is 0 Å². The van der Waals surface area contributed by atoms with E-state index in [-0.39, 0.29) is 33.8 Å². The van der Waals surface area contributed by atoms with Crippen LogP contribution in [-0.2, 0) is 27.1 Å². The van der Waals surface area contributed by atoms with Gasteiger partial charge < -0.3 is 18.6 Å². The predicted molar refractivity (Wildman–Crippen MR) is 307 cm³/mol. The fourth-order valence-electron chi connectivity index (χ4n) is 12.2. The molecule has 1 aliphatic carbocycles. The average molecular weight is 945 g/mol. The van der Waals surface area contributed by atoms with E-state index in [1.165, 1.54) is 61.1 Å². The maximum absolute atomic E-state index is 7.67. The lowest BCUT2D eigenvalue weighted by atomic mass is 9.37. The molecule has 0 bridgehead atoms. The van der Waals surface area contributed by atoms with Crippen LogP contribution in [0.1, 0.15) is 136 Å². The summed E-state index contributed by atoms with van der Waals surface area (Å²) in [5.74, 6) is 0. The lowest BCUT2D eigenvalue weighted by Crippen LogP contribution is -2.60. The van der Waals surface area contributed by atoms with E-state index in [9.17, 15) is 0 Å². The number of anilines is 6. The van der Waals surface area contributed by atoms with Crippen molar-refractivity contribution in [1.29, 1.82) is 0 Å². The van der Waals surface area contributed by atoms with Gasteiger partial charge in [0.25, 0.3) is 0 Å². The summed E-state index contributed by atoms with van der Waals surface area (Å²) in [5.41, 5.74) is 23.8. The quantitative estimate of drug-likeness (QED) is 0.165. The molecule has 0 radical (unpaired) electrons. The molecular formula is C67H69BN2O2. The van der Waals surface area contributed by atoms with Crippen molar-refractivity contribution >= 4 is 79.6 Å². The van der Waals surface area contributed by atoms with Crippen LogP contribution in [0.15, 0.2) is 148 Å². The topological polar surface area (TPSA) is 32.8 Å². The molecule has 2 aromatic heterocycles. The van der Waals surface area contributed by atoms with Gasteiger partial charge in [-0.25, -0.2) is 0 Å². The average Bonchev–Trinajstić information content (AvgIpc) is 3.90. The van der Waals surface area contributed by atoms with E-state index in [0.29, 0.717) is 0 Å². The van der Waals surface area contributed by atoms with Crippen LogP contribution in [0.25, 0.3) is 44.2 Å². The van der Waals surface area contributed by atoms with Crippen molar-refractivity contribution in [3.05, 3.63) is 173 Å². The summed E-state index contributed by atoms with van der Waals surface area (Å²) in [6.07, 6.45) is 2.25. The van der Waals surface area contributed by atoms with Crippen LogP contribution in [0.5, 0.6) is 0 Å². The van der Waals surface area contributed by atoms with Gasteiger partial charge in [-0.2, -0.15) is 0 Å². The summed E-state index contributed by atoms with van der Waals surface area (Å²) in [6, 6.07) is 52.9. The van der Waals surface area contributed by atoms with Crippen LogP contribution in [0.4, 0.5) is 34.1 Å². The first-order valence-electron chi connectivity index (χ1n) is 26.3. The van der Waals surface area contributed by atoms with Gasteiger partial charge in [-0.05, 0) is 157 Å². The molecule has 0 saturated heterocycles. The first-order chi connectivity index (χ1) is 34.0. The molecule has 0 unspecified atom stereocenters. The molecule has 0 amide bonds. The van der Waals surface area contributed by atoms with Gasteiger partial charge in [-0.15, -0.1) is 0 Å². The molecule has 2 aliphatic heterocycles. The maximum Gasteiger partial charge on any atom is 0.342 e. The number of furan rings is 2. The standard InChI is InChI=1S/C67H69BN2O2/c1-40-33-54-58-55(34-40)70(53-29-26-44(64(5,6)7)36-47(53)42-23-19-16-20-24-42)60-49-38-50-51(67(13,14)32-31-66(50,11)12)39-57(49)72-62(60)68(58)61-59(48-37-45(65(8,9)10)27-30-56(48)71-61)69(54)52-28-25-43(63(2,3)4)35-46(52)41-21-17-15-18-22-41/h15-30,33-39H,31-32H2,1-14H3. The van der Waals surface area contributed by atoms with Crippen molar-refractivity contribution in [2.75, 3.05) is 9.80 Å². The fourth-order valence-corrected chi connectivity index (χ4v) is 12.2. The Morgan fingerprint density at radius 1 is 0.444 bits per heavy atom. The van der Waals surface area contributed by atoms with Gasteiger partial charge in [0, 0.05) is 33.3 Å². The number of rotatable bonds is 4. The van der Waals surface area contributed by atoms with Crippen molar-refractivity contribution < 1.29 is 8.83 Å². The lowest BCUT2D eigenvalue weighted by molar-refractivity contribution is 0.332. The molecule has 5 heteroatoms. The zero-order valence-electron chi connectivity index (χ0n) is 45.0. The van der Waals surface area contributed by atoms with Crippen molar-refractivity contribution in [3.63, 3.8) is 0 Å². The minimum atomic E-state index is -0.341. The third kappa shape index (κ3) is 7.15. The Morgan fingerprint density at radius 2 is 0.861 bits per heavy atom. The van der Waals surface area contributed by atoms with E-state index in [2.05, 4.69) is 246 Å². The summed E-state index contributed by atoms with van der Waals surface area (Å²) in [4.78, 5) is 5.14. The van der Waals surface area contributed by atoms with Gasteiger partial charge in [0.15, 0.2) is 0 Å². The number of benzene rings is 7. The minimum Gasteiger partial charge on any atom is -0.468 e. The molecule has 4 heterocycles. The zero-order valence-corrected chi connectivity index (χ0v) is 45.0. The van der Waals surface area contributed by atoms with E-state index in [1.807, 2.05) is 0 Å². The molecular weight excluding hydrogens is 876 g/mol. The number of hydrogen-bond donors (Lipinski definition) is 0. The number of hydrogen-bond acceptors (Lipinski definition) is 4. The van der Waals surface area contributed by atoms with Crippen LogP contribution in [0.2, 0.25) is 0 Å². The minimum absolute atomic E-state index is 0.00352. The van der Waals surface area contributed by atoms with Gasteiger partial charge in [0.05, 0.1) is 22.7 Å². The lowest BCUT2D eigenvalue weighted by Gasteiger charge is -2.42. The van der Waals surface area contributed by atoms with Crippen LogP contribution < -0.4 is 26.6 Å². The Hall–Kier alpha value is -6.72. The first kappa shape index (κ1) is 46.4. The highest BCUT2D eigenvalue weighted by Crippen LogP contribution is 2.55. The molecule has 362 valence electrons. The van der Waals surface area contributed by atoms with E-state index in [4.69, 9.17) is 8.83 Å². The fraction of sp³-hybridized carbons (Fsp3) is 0.313. The summed E-state index contributed by atoms with van der Waals surface area (Å²) in [5, 5.41) is 2.25. The monoisotopic (exact) mass is 945 g/mol. The maximum atomic E-state index is 7.67. The molecule has 4 nitrogen and oxygen atoms in total. The summed E-state index contributed by atoms with van der Waals surface area (Å²) < 4.78 is 15.2. The van der Waals surface area contributed by atoms with Gasteiger partial charge in [0.1, 0.15) is 22.5 Å². The number of fused-ring (bicyclic) bond motifs is 9. The SMILES string of the molecule is Cc1cc2c3c(c1)N(c1ccc(C(C)(C)C)cc1-c1ccccc1)c1c(oc4cc5c(cc14)C(C)(C)CCC5(C)C)B3c1oc3ccc(C(C)(C)C)cc3c1N2c1ccc(C(C)(C)C)cc1-c1ccccc1. The van der Waals surface area contributed by atoms with E-state index in [1.54, 1.807) is 0 Å². The van der Waals surface area contributed by atoms with Crippen LogP contribution in [0, 0.1) is 6.92 Å². The number of aryl methyl sites for hydroxylation is 1. The third-order valence-corrected chi connectivity index (χ3v) is 16.6. The molecule has 0 N–H and O–H groups in total. The van der Waals surface area contributed by atoms with E-state index in [0.717, 1.165) is 80.2 Å². The smallest absolute Gasteiger partial charge is 0.342 e.